The Labute approximate surface area is 199 Å². The first-order valence-electron chi connectivity index (χ1n) is 12.3. The molecule has 2 N–H and O–H groups in total. The van der Waals surface area contributed by atoms with Gasteiger partial charge in [-0.1, -0.05) is 12.1 Å². The van der Waals surface area contributed by atoms with Crippen molar-refractivity contribution in [3.05, 3.63) is 29.8 Å². The molecule has 1 aliphatic heterocycles. The maximum atomic E-state index is 13.7. The maximum absolute atomic E-state index is 13.7. The van der Waals surface area contributed by atoms with E-state index in [0.717, 1.165) is 24.8 Å². The summed E-state index contributed by atoms with van der Waals surface area (Å²) in [7, 11) is 0. The van der Waals surface area contributed by atoms with Gasteiger partial charge in [0.2, 0.25) is 5.91 Å². The van der Waals surface area contributed by atoms with Gasteiger partial charge in [-0.15, -0.1) is 0 Å². The smallest absolute Gasteiger partial charge is 0.329 e. The predicted molar refractivity (Wildman–Crippen MR) is 122 cm³/mol. The molecule has 180 valence electrons. The number of carbonyl (C=O) groups is 3. The van der Waals surface area contributed by atoms with Crippen molar-refractivity contribution in [2.24, 2.45) is 23.2 Å². The number of hydrogen-bond donors (Lipinski definition) is 2. The van der Waals surface area contributed by atoms with Crippen LogP contribution < -0.4 is 5.32 Å². The Morgan fingerprint density at radius 1 is 1.06 bits per heavy atom. The highest BCUT2D eigenvalue weighted by molar-refractivity contribution is 5.94. The number of benzene rings is 1. The number of rotatable bonds is 6. The van der Waals surface area contributed by atoms with E-state index in [4.69, 9.17) is 10.00 Å². The Morgan fingerprint density at radius 2 is 1.68 bits per heavy atom. The SMILES string of the molecule is N#CCc1ccc(NC(=O)COC(=O)C2CC(O)CN2C(=O)C23CC4CC(CC(C4)C2)C3)cc1. The molecule has 1 saturated heterocycles. The minimum absolute atomic E-state index is 0.00740. The zero-order valence-corrected chi connectivity index (χ0v) is 19.2. The van der Waals surface area contributed by atoms with Gasteiger partial charge < -0.3 is 20.1 Å². The predicted octanol–water partition coefficient (Wildman–Crippen LogP) is 2.41. The van der Waals surface area contributed by atoms with Crippen molar-refractivity contribution in [2.45, 2.75) is 63.5 Å². The normalized spacial score (nSPS) is 33.4. The van der Waals surface area contributed by atoms with Crippen molar-refractivity contribution in [1.29, 1.82) is 5.26 Å². The van der Waals surface area contributed by atoms with Crippen molar-refractivity contribution in [1.82, 2.24) is 4.90 Å². The zero-order valence-electron chi connectivity index (χ0n) is 19.2. The van der Waals surface area contributed by atoms with Crippen LogP contribution in [0.4, 0.5) is 5.69 Å². The van der Waals surface area contributed by atoms with Crippen LogP contribution in [0.1, 0.15) is 50.5 Å². The quantitative estimate of drug-likeness (QED) is 0.623. The first-order valence-corrected chi connectivity index (χ1v) is 12.3. The van der Waals surface area contributed by atoms with Gasteiger partial charge >= 0.3 is 5.97 Å². The van der Waals surface area contributed by atoms with Crippen molar-refractivity contribution in [2.75, 3.05) is 18.5 Å². The average molecular weight is 466 g/mol. The van der Waals surface area contributed by atoms with Gasteiger partial charge in [0.05, 0.1) is 24.0 Å². The molecule has 4 aliphatic carbocycles. The highest BCUT2D eigenvalue weighted by Gasteiger charge is 2.57. The number of ether oxygens (including phenoxy) is 1. The summed E-state index contributed by atoms with van der Waals surface area (Å²) >= 11 is 0. The highest BCUT2D eigenvalue weighted by Crippen LogP contribution is 2.60. The van der Waals surface area contributed by atoms with Crippen LogP contribution in [0.2, 0.25) is 0 Å². The number of nitriles is 1. The number of likely N-dealkylation sites (tertiary alicyclic amines) is 1. The number of anilines is 1. The maximum Gasteiger partial charge on any atom is 0.329 e. The molecule has 0 radical (unpaired) electrons. The first kappa shape index (κ1) is 22.9. The molecule has 1 heterocycles. The molecule has 0 aromatic heterocycles. The lowest BCUT2D eigenvalue weighted by atomic mass is 9.49. The number of nitrogens with zero attached hydrogens (tertiary/aromatic N) is 2. The van der Waals surface area contributed by atoms with Gasteiger partial charge in [0.1, 0.15) is 6.04 Å². The molecular weight excluding hydrogens is 434 g/mol. The molecule has 2 atom stereocenters. The Hall–Kier alpha value is -2.92. The molecule has 1 aromatic rings. The van der Waals surface area contributed by atoms with Gasteiger partial charge in [-0.2, -0.15) is 5.26 Å². The molecule has 8 nitrogen and oxygen atoms in total. The molecule has 34 heavy (non-hydrogen) atoms. The Morgan fingerprint density at radius 3 is 2.26 bits per heavy atom. The van der Waals surface area contributed by atoms with Crippen molar-refractivity contribution in [3.63, 3.8) is 0 Å². The molecule has 8 heteroatoms. The highest BCUT2D eigenvalue weighted by atomic mass is 16.5. The van der Waals surface area contributed by atoms with Crippen LogP contribution in [0.5, 0.6) is 0 Å². The second kappa shape index (κ2) is 9.03. The zero-order chi connectivity index (χ0) is 23.9. The van der Waals surface area contributed by atoms with Gasteiger partial charge in [0.15, 0.2) is 6.61 Å². The number of nitrogens with one attached hydrogen (secondary N) is 1. The third kappa shape index (κ3) is 4.41. The van der Waals surface area contributed by atoms with Crippen LogP contribution in [-0.2, 0) is 25.5 Å². The van der Waals surface area contributed by atoms with Crippen molar-refractivity contribution >= 4 is 23.5 Å². The summed E-state index contributed by atoms with van der Waals surface area (Å²) in [6.07, 6.45) is 5.99. The molecule has 6 rings (SSSR count). The number of aliphatic hydroxyl groups excluding tert-OH is 1. The summed E-state index contributed by atoms with van der Waals surface area (Å²) in [5, 5.41) is 21.7. The number of hydrogen-bond acceptors (Lipinski definition) is 6. The lowest BCUT2D eigenvalue weighted by molar-refractivity contribution is -0.166. The van der Waals surface area contributed by atoms with Crippen LogP contribution in [-0.4, -0.2) is 53.1 Å². The number of esters is 1. The molecule has 0 spiro atoms. The van der Waals surface area contributed by atoms with Crippen LogP contribution in [0.15, 0.2) is 24.3 Å². The van der Waals surface area contributed by atoms with Gasteiger partial charge in [-0.25, -0.2) is 4.79 Å². The summed E-state index contributed by atoms with van der Waals surface area (Å²) in [5.41, 5.74) is 0.986. The monoisotopic (exact) mass is 465 g/mol. The second-order valence-corrected chi connectivity index (χ2v) is 10.7. The second-order valence-electron chi connectivity index (χ2n) is 10.7. The molecule has 5 fully saturated rings. The minimum atomic E-state index is -0.853. The van der Waals surface area contributed by atoms with Crippen molar-refractivity contribution in [3.8, 4) is 6.07 Å². The summed E-state index contributed by atoms with van der Waals surface area (Å²) in [4.78, 5) is 40.4. The fraction of sp³-hybridized carbons (Fsp3) is 0.615. The summed E-state index contributed by atoms with van der Waals surface area (Å²) in [5.74, 6) is 0.669. The van der Waals surface area contributed by atoms with E-state index in [1.54, 1.807) is 24.3 Å². The van der Waals surface area contributed by atoms with Gasteiger partial charge in [0, 0.05) is 18.7 Å². The average Bonchev–Trinajstić information content (AvgIpc) is 3.19. The molecular formula is C26H31N3O5. The molecule has 2 amide bonds. The van der Waals surface area contributed by atoms with Gasteiger partial charge in [-0.3, -0.25) is 9.59 Å². The molecule has 5 aliphatic rings. The number of carbonyl (C=O) groups excluding carboxylic acids is 3. The number of β-amino-alcohol motifs (C(OH)–C–C–N with tert-alkyl or cyclic N) is 1. The van der Waals surface area contributed by atoms with Gasteiger partial charge in [-0.05, 0) is 74.0 Å². The van der Waals surface area contributed by atoms with E-state index in [-0.39, 0.29) is 25.3 Å². The lowest BCUT2D eigenvalue weighted by Gasteiger charge is -2.56. The molecule has 1 aromatic carbocycles. The topological polar surface area (TPSA) is 120 Å². The summed E-state index contributed by atoms with van der Waals surface area (Å²) in [6, 6.07) is 8.08. The number of aliphatic hydroxyl groups is 1. The summed E-state index contributed by atoms with van der Waals surface area (Å²) < 4.78 is 5.27. The summed E-state index contributed by atoms with van der Waals surface area (Å²) in [6.45, 7) is -0.327. The Bertz CT molecular complexity index is 979. The van der Waals surface area contributed by atoms with Crippen LogP contribution >= 0.6 is 0 Å². The molecule has 2 unspecified atom stereocenters. The third-order valence-corrected chi connectivity index (χ3v) is 8.17. The van der Waals surface area contributed by atoms with E-state index >= 15 is 0 Å². The van der Waals surface area contributed by atoms with Crippen LogP contribution in [0.25, 0.3) is 0 Å². The molecule has 4 bridgehead atoms. The number of amides is 2. The van der Waals surface area contributed by atoms with E-state index < -0.39 is 36.0 Å². The van der Waals surface area contributed by atoms with Gasteiger partial charge in [0.25, 0.3) is 5.91 Å². The fourth-order valence-electron chi connectivity index (χ4n) is 7.17. The van der Waals surface area contributed by atoms with E-state index in [9.17, 15) is 19.5 Å². The largest absolute Gasteiger partial charge is 0.454 e. The third-order valence-electron chi connectivity index (χ3n) is 8.17. The van der Waals surface area contributed by atoms with E-state index in [0.29, 0.717) is 23.4 Å². The lowest BCUT2D eigenvalue weighted by Crippen LogP contribution is -2.56. The van der Waals surface area contributed by atoms with Crippen molar-refractivity contribution < 1.29 is 24.2 Å². The van der Waals surface area contributed by atoms with E-state index in [2.05, 4.69) is 11.4 Å². The standard InChI is InChI=1S/C26H31N3O5/c27-6-5-16-1-3-20(4-2-16)28-23(31)15-34-24(32)22-10-21(30)14-29(22)25(33)26-11-17-7-18(12-26)9-19(8-17)13-26/h1-4,17-19,21-22,30H,5,7-15H2,(H,28,31). The first-order chi connectivity index (χ1) is 16.3. The minimum Gasteiger partial charge on any atom is -0.454 e. The van der Waals surface area contributed by atoms with Crippen LogP contribution in [0, 0.1) is 34.5 Å². The Kier molecular flexibility index (Phi) is 6.07. The molecule has 4 saturated carbocycles. The fourth-order valence-corrected chi connectivity index (χ4v) is 7.17. The van der Waals surface area contributed by atoms with E-state index in [1.165, 1.54) is 24.2 Å². The van der Waals surface area contributed by atoms with E-state index in [1.807, 2.05) is 0 Å². The Balaban J connectivity index is 1.19. The van der Waals surface area contributed by atoms with Crippen LogP contribution in [0.3, 0.4) is 0 Å².